The van der Waals surface area contributed by atoms with Crippen LogP contribution >= 0.6 is 0 Å². The number of Topliss-reactive ketones (excluding diaryl/α,β-unsaturated/α-hetero) is 1. The molecule has 0 saturated carbocycles. The Morgan fingerprint density at radius 3 is 2.22 bits per heavy atom. The number of carbonyl (C=O) groups is 3. The molecule has 0 spiro atoms. The van der Waals surface area contributed by atoms with E-state index in [0.717, 1.165) is 7.11 Å². The third-order valence-corrected chi connectivity index (χ3v) is 1.81. The molecule has 0 heterocycles. The van der Waals surface area contributed by atoms with Crippen LogP contribution in [0.4, 0.5) is 9.18 Å². The Labute approximate surface area is 105 Å². The number of esters is 1. The number of carbonyl (C=O) groups excluding carboxylic acids is 3. The van der Waals surface area contributed by atoms with Gasteiger partial charge in [-0.15, -0.1) is 0 Å². The summed E-state index contributed by atoms with van der Waals surface area (Å²) in [5.74, 6) is -1.64. The van der Waals surface area contributed by atoms with E-state index in [1.807, 2.05) is 0 Å². The first-order valence-corrected chi connectivity index (χ1v) is 5.34. The lowest BCUT2D eigenvalue weighted by Gasteiger charge is -2.22. The average molecular weight is 263 g/mol. The minimum absolute atomic E-state index is 0.432. The molecule has 0 aliphatic heterocycles. The van der Waals surface area contributed by atoms with Gasteiger partial charge in [-0.1, -0.05) is 0 Å². The fourth-order valence-electron chi connectivity index (χ4n) is 1.04. The second-order valence-electron chi connectivity index (χ2n) is 4.58. The molecule has 0 aromatic carbocycles. The molecular formula is C11H18FNO5. The van der Waals surface area contributed by atoms with E-state index in [0.29, 0.717) is 0 Å². The summed E-state index contributed by atoms with van der Waals surface area (Å²) in [6.45, 7) is 3.63. The standard InChI is InChI=1S/C11H18FNO5/c1-11(2,3)18-10(16)13-7(8(14)6-12)5-9(15)17-4/h7H,5-6H2,1-4H3,(H,13,16). The van der Waals surface area contributed by atoms with Crippen molar-refractivity contribution in [2.75, 3.05) is 13.8 Å². The van der Waals surface area contributed by atoms with E-state index in [9.17, 15) is 18.8 Å². The molecule has 0 aromatic rings. The minimum atomic E-state index is -1.28. The zero-order chi connectivity index (χ0) is 14.3. The summed E-state index contributed by atoms with van der Waals surface area (Å²) in [5, 5.41) is 2.14. The summed E-state index contributed by atoms with van der Waals surface area (Å²) in [4.78, 5) is 33.6. The molecule has 0 radical (unpaired) electrons. The Kier molecular flexibility index (Phi) is 6.29. The highest BCUT2D eigenvalue weighted by Gasteiger charge is 2.26. The molecule has 0 bridgehead atoms. The molecule has 0 fully saturated rings. The first-order valence-electron chi connectivity index (χ1n) is 5.34. The van der Waals surface area contributed by atoms with Crippen LogP contribution in [0, 0.1) is 0 Å². The van der Waals surface area contributed by atoms with Crippen molar-refractivity contribution >= 4 is 17.8 Å². The monoisotopic (exact) mass is 263 g/mol. The average Bonchev–Trinajstić information content (AvgIpc) is 2.24. The smallest absolute Gasteiger partial charge is 0.408 e. The number of hydrogen-bond donors (Lipinski definition) is 1. The number of amides is 1. The first kappa shape index (κ1) is 16.3. The Morgan fingerprint density at radius 1 is 1.28 bits per heavy atom. The van der Waals surface area contributed by atoms with E-state index in [2.05, 4.69) is 10.1 Å². The quantitative estimate of drug-likeness (QED) is 0.748. The first-order chi connectivity index (χ1) is 8.19. The fourth-order valence-corrected chi connectivity index (χ4v) is 1.04. The highest BCUT2D eigenvalue weighted by molar-refractivity contribution is 5.91. The summed E-state index contributed by atoms with van der Waals surface area (Å²) in [7, 11) is 1.13. The number of alkyl carbamates (subject to hydrolysis) is 1. The summed E-state index contributed by atoms with van der Waals surface area (Å²) in [6.07, 6.45) is -1.32. The van der Waals surface area contributed by atoms with Crippen LogP contribution in [-0.4, -0.2) is 43.3 Å². The predicted octanol–water partition coefficient (Wildman–Crippen LogP) is 0.981. The van der Waals surface area contributed by atoms with Crippen LogP contribution in [0.3, 0.4) is 0 Å². The summed E-state index contributed by atoms with van der Waals surface area (Å²) < 4.78 is 21.5. The van der Waals surface area contributed by atoms with Crippen molar-refractivity contribution in [3.8, 4) is 0 Å². The SMILES string of the molecule is COC(=O)CC(NC(=O)OC(C)(C)C)C(=O)CF. The highest BCUT2D eigenvalue weighted by Crippen LogP contribution is 2.07. The second-order valence-corrected chi connectivity index (χ2v) is 4.58. The van der Waals surface area contributed by atoms with Gasteiger partial charge in [-0.25, -0.2) is 9.18 Å². The van der Waals surface area contributed by atoms with Gasteiger partial charge in [-0.05, 0) is 20.8 Å². The maximum Gasteiger partial charge on any atom is 0.408 e. The van der Waals surface area contributed by atoms with E-state index >= 15 is 0 Å². The van der Waals surface area contributed by atoms with Crippen molar-refractivity contribution in [3.05, 3.63) is 0 Å². The lowest BCUT2D eigenvalue weighted by Crippen LogP contribution is -2.45. The molecule has 0 aliphatic rings. The number of hydrogen-bond acceptors (Lipinski definition) is 5. The topological polar surface area (TPSA) is 81.7 Å². The molecule has 0 aliphatic carbocycles. The van der Waals surface area contributed by atoms with Crippen LogP contribution in [-0.2, 0) is 19.1 Å². The van der Waals surface area contributed by atoms with Gasteiger partial charge >= 0.3 is 12.1 Å². The van der Waals surface area contributed by atoms with Gasteiger partial charge in [-0.2, -0.15) is 0 Å². The van der Waals surface area contributed by atoms with Gasteiger partial charge in [0, 0.05) is 0 Å². The Balaban J connectivity index is 4.55. The summed E-state index contributed by atoms with van der Waals surface area (Å²) in [5.41, 5.74) is -0.751. The van der Waals surface area contributed by atoms with E-state index in [4.69, 9.17) is 4.74 Å². The molecule has 1 unspecified atom stereocenters. The van der Waals surface area contributed by atoms with Gasteiger partial charge in [0.2, 0.25) is 0 Å². The van der Waals surface area contributed by atoms with Gasteiger partial charge in [0.25, 0.3) is 0 Å². The van der Waals surface area contributed by atoms with Gasteiger partial charge in [0.05, 0.1) is 13.5 Å². The van der Waals surface area contributed by atoms with Crippen LogP contribution in [0.25, 0.3) is 0 Å². The molecule has 0 rings (SSSR count). The Bertz CT molecular complexity index is 324. The van der Waals surface area contributed by atoms with Gasteiger partial charge in [0.1, 0.15) is 18.3 Å². The number of nitrogens with one attached hydrogen (secondary N) is 1. The van der Waals surface area contributed by atoms with Crippen LogP contribution in [0.1, 0.15) is 27.2 Å². The zero-order valence-electron chi connectivity index (χ0n) is 10.9. The largest absolute Gasteiger partial charge is 0.469 e. The number of methoxy groups -OCH3 is 1. The van der Waals surface area contributed by atoms with Gasteiger partial charge in [-0.3, -0.25) is 9.59 Å². The number of ketones is 1. The molecule has 1 N–H and O–H groups in total. The lowest BCUT2D eigenvalue weighted by molar-refractivity contribution is -0.142. The second kappa shape index (κ2) is 6.93. The molecule has 18 heavy (non-hydrogen) atoms. The van der Waals surface area contributed by atoms with Crippen molar-refractivity contribution in [2.45, 2.75) is 38.8 Å². The molecule has 104 valence electrons. The molecule has 7 heteroatoms. The number of ether oxygens (including phenoxy) is 2. The number of rotatable bonds is 5. The third-order valence-electron chi connectivity index (χ3n) is 1.81. The third kappa shape index (κ3) is 6.82. The van der Waals surface area contributed by atoms with Gasteiger partial charge < -0.3 is 14.8 Å². The summed E-state index contributed by atoms with van der Waals surface area (Å²) >= 11 is 0. The number of halogens is 1. The van der Waals surface area contributed by atoms with Crippen molar-refractivity contribution < 1.29 is 28.2 Å². The molecule has 1 amide bonds. The maximum atomic E-state index is 12.3. The van der Waals surface area contributed by atoms with E-state index in [1.54, 1.807) is 20.8 Å². The van der Waals surface area contributed by atoms with E-state index in [-0.39, 0.29) is 0 Å². The van der Waals surface area contributed by atoms with E-state index < -0.39 is 42.6 Å². The normalized spacial score (nSPS) is 12.5. The molecule has 1 atom stereocenters. The molecular weight excluding hydrogens is 245 g/mol. The maximum absolute atomic E-state index is 12.3. The summed E-state index contributed by atoms with van der Waals surface area (Å²) in [6, 6.07) is -1.28. The van der Waals surface area contributed by atoms with Gasteiger partial charge in [0.15, 0.2) is 5.78 Å². The number of alkyl halides is 1. The van der Waals surface area contributed by atoms with Crippen molar-refractivity contribution in [1.82, 2.24) is 5.32 Å². The highest BCUT2D eigenvalue weighted by atomic mass is 19.1. The molecule has 0 aromatic heterocycles. The van der Waals surface area contributed by atoms with Crippen molar-refractivity contribution in [2.24, 2.45) is 0 Å². The zero-order valence-corrected chi connectivity index (χ0v) is 10.9. The Morgan fingerprint density at radius 2 is 1.83 bits per heavy atom. The van der Waals surface area contributed by atoms with Crippen LogP contribution in [0.15, 0.2) is 0 Å². The van der Waals surface area contributed by atoms with Crippen LogP contribution in [0.5, 0.6) is 0 Å². The van der Waals surface area contributed by atoms with Crippen molar-refractivity contribution in [3.63, 3.8) is 0 Å². The Hall–Kier alpha value is -1.66. The van der Waals surface area contributed by atoms with Crippen molar-refractivity contribution in [1.29, 1.82) is 0 Å². The lowest BCUT2D eigenvalue weighted by atomic mass is 10.1. The predicted molar refractivity (Wildman–Crippen MR) is 60.8 cm³/mol. The fraction of sp³-hybridized carbons (Fsp3) is 0.727. The van der Waals surface area contributed by atoms with E-state index in [1.165, 1.54) is 0 Å². The van der Waals surface area contributed by atoms with Crippen LogP contribution < -0.4 is 5.32 Å². The van der Waals surface area contributed by atoms with Crippen LogP contribution in [0.2, 0.25) is 0 Å². The minimum Gasteiger partial charge on any atom is -0.469 e. The molecule has 6 nitrogen and oxygen atoms in total. The molecule has 0 saturated heterocycles.